The SMILES string of the molecule is CC(=O)OCCC[C@H]1OC(C[C@H]2OCC=CC2=O)C(=O)[C@H]1OCc1ccccc1. The van der Waals surface area contributed by atoms with Gasteiger partial charge in [-0.1, -0.05) is 36.4 Å². The molecule has 0 saturated carbocycles. The number of ketones is 2. The van der Waals surface area contributed by atoms with Crippen LogP contribution >= 0.6 is 0 Å². The Balaban J connectivity index is 1.61. The largest absolute Gasteiger partial charge is 0.466 e. The van der Waals surface area contributed by atoms with E-state index in [1.807, 2.05) is 30.3 Å². The number of esters is 1. The molecule has 0 bridgehead atoms. The molecule has 0 radical (unpaired) electrons. The number of rotatable bonds is 9. The Labute approximate surface area is 170 Å². The molecule has 0 aliphatic carbocycles. The highest BCUT2D eigenvalue weighted by Gasteiger charge is 2.45. The monoisotopic (exact) mass is 402 g/mol. The Hall–Kier alpha value is -2.35. The van der Waals surface area contributed by atoms with E-state index in [0.29, 0.717) is 19.4 Å². The minimum Gasteiger partial charge on any atom is -0.466 e. The van der Waals surface area contributed by atoms with Gasteiger partial charge in [-0.05, 0) is 24.5 Å². The van der Waals surface area contributed by atoms with E-state index in [2.05, 4.69) is 0 Å². The van der Waals surface area contributed by atoms with Gasteiger partial charge in [-0.15, -0.1) is 0 Å². The standard InChI is InChI=1S/C22H26O7/c1-15(23)26-11-6-10-18-22(28-14-16-7-3-2-4-8-16)21(25)20(29-18)13-19-17(24)9-5-12-27-19/h2-5,7-9,18-20,22H,6,10-14H2,1H3/t18-,19-,20?,22+/m1/s1. The van der Waals surface area contributed by atoms with Crippen LogP contribution < -0.4 is 0 Å². The summed E-state index contributed by atoms with van der Waals surface area (Å²) in [7, 11) is 0. The van der Waals surface area contributed by atoms with E-state index in [1.54, 1.807) is 6.08 Å². The highest BCUT2D eigenvalue weighted by atomic mass is 16.6. The Morgan fingerprint density at radius 3 is 2.69 bits per heavy atom. The van der Waals surface area contributed by atoms with Gasteiger partial charge in [0.2, 0.25) is 0 Å². The normalized spacial score (nSPS) is 26.7. The summed E-state index contributed by atoms with van der Waals surface area (Å²) in [5, 5.41) is 0. The summed E-state index contributed by atoms with van der Waals surface area (Å²) in [4.78, 5) is 35.9. The van der Waals surface area contributed by atoms with E-state index >= 15 is 0 Å². The van der Waals surface area contributed by atoms with Crippen molar-refractivity contribution in [1.29, 1.82) is 0 Å². The molecule has 0 amide bonds. The molecule has 1 saturated heterocycles. The average Bonchev–Trinajstić information content (AvgIpc) is 3.01. The van der Waals surface area contributed by atoms with Crippen molar-refractivity contribution in [3.05, 3.63) is 48.0 Å². The third-order valence-corrected chi connectivity index (χ3v) is 4.91. The van der Waals surface area contributed by atoms with E-state index in [0.717, 1.165) is 5.56 Å². The molecule has 2 aliphatic heterocycles. The van der Waals surface area contributed by atoms with E-state index in [1.165, 1.54) is 13.0 Å². The van der Waals surface area contributed by atoms with Crippen LogP contribution in [0.15, 0.2) is 42.5 Å². The highest BCUT2D eigenvalue weighted by molar-refractivity contribution is 5.95. The van der Waals surface area contributed by atoms with E-state index in [-0.39, 0.29) is 37.2 Å². The second-order valence-corrected chi connectivity index (χ2v) is 7.13. The number of hydrogen-bond donors (Lipinski definition) is 0. The Morgan fingerprint density at radius 1 is 1.17 bits per heavy atom. The van der Waals surface area contributed by atoms with Crippen molar-refractivity contribution >= 4 is 17.5 Å². The first kappa shape index (κ1) is 21.4. The Morgan fingerprint density at radius 2 is 1.97 bits per heavy atom. The van der Waals surface area contributed by atoms with Crippen molar-refractivity contribution in [3.8, 4) is 0 Å². The quantitative estimate of drug-likeness (QED) is 0.462. The molecular weight excluding hydrogens is 376 g/mol. The summed E-state index contributed by atoms with van der Waals surface area (Å²) < 4.78 is 22.3. The van der Waals surface area contributed by atoms with Gasteiger partial charge in [0.1, 0.15) is 18.3 Å². The predicted molar refractivity (Wildman–Crippen MR) is 103 cm³/mol. The summed E-state index contributed by atoms with van der Waals surface area (Å²) in [6, 6.07) is 9.58. The van der Waals surface area contributed by atoms with Crippen molar-refractivity contribution in [2.45, 2.75) is 57.2 Å². The van der Waals surface area contributed by atoms with Crippen molar-refractivity contribution in [3.63, 3.8) is 0 Å². The fourth-order valence-electron chi connectivity index (χ4n) is 3.46. The van der Waals surface area contributed by atoms with Crippen LogP contribution in [0.2, 0.25) is 0 Å². The van der Waals surface area contributed by atoms with Crippen LogP contribution in [0.4, 0.5) is 0 Å². The first-order valence-corrected chi connectivity index (χ1v) is 9.84. The predicted octanol–water partition coefficient (Wildman–Crippen LogP) is 2.17. The summed E-state index contributed by atoms with van der Waals surface area (Å²) in [6.45, 7) is 2.24. The molecule has 1 aromatic rings. The fourth-order valence-corrected chi connectivity index (χ4v) is 3.46. The zero-order chi connectivity index (χ0) is 20.6. The molecule has 29 heavy (non-hydrogen) atoms. The maximum Gasteiger partial charge on any atom is 0.302 e. The Kier molecular flexibility index (Phi) is 7.69. The van der Waals surface area contributed by atoms with E-state index in [9.17, 15) is 14.4 Å². The lowest BCUT2D eigenvalue weighted by Gasteiger charge is -2.20. The van der Waals surface area contributed by atoms with Gasteiger partial charge in [-0.25, -0.2) is 0 Å². The van der Waals surface area contributed by atoms with Crippen LogP contribution in [-0.4, -0.2) is 55.2 Å². The van der Waals surface area contributed by atoms with Crippen LogP contribution in [0.5, 0.6) is 0 Å². The molecule has 0 spiro atoms. The van der Waals surface area contributed by atoms with Gasteiger partial charge in [0.25, 0.3) is 0 Å². The highest BCUT2D eigenvalue weighted by Crippen LogP contribution is 2.28. The van der Waals surface area contributed by atoms with Crippen molar-refractivity contribution in [2.24, 2.45) is 0 Å². The van der Waals surface area contributed by atoms with Crippen molar-refractivity contribution in [1.82, 2.24) is 0 Å². The molecule has 1 fully saturated rings. The minimum atomic E-state index is -0.755. The van der Waals surface area contributed by atoms with Crippen molar-refractivity contribution < 1.29 is 33.3 Å². The van der Waals surface area contributed by atoms with Crippen LogP contribution in [0, 0.1) is 0 Å². The minimum absolute atomic E-state index is 0.160. The first-order valence-electron chi connectivity index (χ1n) is 9.84. The van der Waals surface area contributed by atoms with Crippen LogP contribution in [0.1, 0.15) is 31.7 Å². The molecule has 7 nitrogen and oxygen atoms in total. The maximum atomic E-state index is 12.9. The van der Waals surface area contributed by atoms with Crippen LogP contribution in [0.3, 0.4) is 0 Å². The van der Waals surface area contributed by atoms with Gasteiger partial charge in [0.05, 0.1) is 25.9 Å². The lowest BCUT2D eigenvalue weighted by Crippen LogP contribution is -2.35. The third-order valence-electron chi connectivity index (χ3n) is 4.91. The number of benzene rings is 1. The molecular formula is C22H26O7. The number of hydrogen-bond acceptors (Lipinski definition) is 7. The van der Waals surface area contributed by atoms with E-state index in [4.69, 9.17) is 18.9 Å². The molecule has 156 valence electrons. The fraction of sp³-hybridized carbons (Fsp3) is 0.500. The maximum absolute atomic E-state index is 12.9. The van der Waals surface area contributed by atoms with Gasteiger partial charge in [-0.3, -0.25) is 14.4 Å². The first-order chi connectivity index (χ1) is 14.0. The number of Topliss-reactive ketones (excluding diaryl/α,β-unsaturated/α-hetero) is 1. The molecule has 7 heteroatoms. The van der Waals surface area contributed by atoms with Crippen molar-refractivity contribution in [2.75, 3.05) is 13.2 Å². The molecule has 2 aliphatic rings. The van der Waals surface area contributed by atoms with Gasteiger partial charge in [0.15, 0.2) is 11.6 Å². The molecule has 1 unspecified atom stereocenters. The van der Waals surface area contributed by atoms with Crippen LogP contribution in [-0.2, 0) is 39.9 Å². The topological polar surface area (TPSA) is 88.1 Å². The van der Waals surface area contributed by atoms with Crippen LogP contribution in [0.25, 0.3) is 0 Å². The molecule has 4 atom stereocenters. The zero-order valence-corrected chi connectivity index (χ0v) is 16.5. The number of ether oxygens (including phenoxy) is 4. The average molecular weight is 402 g/mol. The lowest BCUT2D eigenvalue weighted by molar-refractivity contribution is -0.141. The summed E-state index contributed by atoms with van der Waals surface area (Å²) in [5.41, 5.74) is 0.957. The second-order valence-electron chi connectivity index (χ2n) is 7.13. The second kappa shape index (κ2) is 10.4. The zero-order valence-electron chi connectivity index (χ0n) is 16.5. The van der Waals surface area contributed by atoms with Gasteiger partial charge < -0.3 is 18.9 Å². The summed E-state index contributed by atoms with van der Waals surface area (Å²) in [6.07, 6.45) is 1.75. The van der Waals surface area contributed by atoms with E-state index < -0.39 is 24.4 Å². The lowest BCUT2D eigenvalue weighted by atomic mass is 10.00. The third kappa shape index (κ3) is 6.06. The molecule has 0 aromatic heterocycles. The molecule has 1 aromatic carbocycles. The number of carbonyl (C=O) groups excluding carboxylic acids is 3. The van der Waals surface area contributed by atoms with Gasteiger partial charge in [-0.2, -0.15) is 0 Å². The molecule has 0 N–H and O–H groups in total. The van der Waals surface area contributed by atoms with Gasteiger partial charge >= 0.3 is 5.97 Å². The molecule has 3 rings (SSSR count). The smallest absolute Gasteiger partial charge is 0.302 e. The summed E-state index contributed by atoms with van der Waals surface area (Å²) >= 11 is 0. The van der Waals surface area contributed by atoms with Gasteiger partial charge in [0, 0.05) is 13.3 Å². The molecule has 2 heterocycles. The number of carbonyl (C=O) groups is 3. The Bertz CT molecular complexity index is 743. The summed E-state index contributed by atoms with van der Waals surface area (Å²) in [5.74, 6) is -0.679.